The average molecular weight is 500 g/mol. The number of ether oxygens (including phenoxy) is 5. The first-order valence-corrected chi connectivity index (χ1v) is 12.3. The zero-order valence-electron chi connectivity index (χ0n) is 19.5. The Balaban J connectivity index is 1.54. The Bertz CT molecular complexity index is 1060. The van der Waals surface area contributed by atoms with Crippen LogP contribution in [0.25, 0.3) is 10.4 Å². The SMILES string of the molecule is Cc1ccc(S(=O)(=O)OC[C@H](N=[N+]=[N-])[C@H](O)[C@H]2O[C@@H]3OC(C)(C)O[C@@H]3[C@H]3OC(C)(C)O[C@H]32)cc1. The van der Waals surface area contributed by atoms with Crippen molar-refractivity contribution in [3.8, 4) is 0 Å². The maximum atomic E-state index is 12.6. The molecular formula is C21H29N3O9S. The first-order valence-electron chi connectivity index (χ1n) is 10.9. The Morgan fingerprint density at radius 1 is 1.06 bits per heavy atom. The number of benzene rings is 1. The molecule has 0 spiro atoms. The minimum Gasteiger partial charge on any atom is -0.390 e. The molecule has 1 N–H and O–H groups in total. The zero-order chi connectivity index (χ0) is 24.9. The number of azide groups is 1. The highest BCUT2D eigenvalue weighted by molar-refractivity contribution is 7.86. The van der Waals surface area contributed by atoms with Crippen LogP contribution in [0.1, 0.15) is 33.3 Å². The highest BCUT2D eigenvalue weighted by Crippen LogP contribution is 2.45. The fourth-order valence-electron chi connectivity index (χ4n) is 4.34. The molecule has 3 aliphatic heterocycles. The molecule has 3 aliphatic rings. The summed E-state index contributed by atoms with van der Waals surface area (Å²) in [6, 6.07) is 4.77. The van der Waals surface area contributed by atoms with E-state index in [0.717, 1.165) is 5.56 Å². The number of rotatable bonds is 7. The maximum Gasteiger partial charge on any atom is 0.296 e. The Morgan fingerprint density at radius 2 is 1.65 bits per heavy atom. The molecule has 0 aliphatic carbocycles. The minimum atomic E-state index is -4.16. The summed E-state index contributed by atoms with van der Waals surface area (Å²) >= 11 is 0. The molecule has 4 rings (SSSR count). The third-order valence-corrected chi connectivity index (χ3v) is 7.12. The van der Waals surface area contributed by atoms with E-state index < -0.39 is 71.2 Å². The Kier molecular flexibility index (Phi) is 6.70. The van der Waals surface area contributed by atoms with Gasteiger partial charge in [-0.2, -0.15) is 8.42 Å². The van der Waals surface area contributed by atoms with Gasteiger partial charge >= 0.3 is 0 Å². The number of aryl methyl sites for hydroxylation is 1. The number of nitrogens with zero attached hydrogens (tertiary/aromatic N) is 3. The number of fused-ring (bicyclic) bond motifs is 3. The topological polar surface area (TPSA) is 159 Å². The molecule has 1 aromatic rings. The normalized spacial score (nSPS) is 33.4. The van der Waals surface area contributed by atoms with E-state index in [1.165, 1.54) is 12.1 Å². The smallest absolute Gasteiger partial charge is 0.296 e. The number of hydrogen-bond donors (Lipinski definition) is 1. The van der Waals surface area contributed by atoms with Gasteiger partial charge in [0.15, 0.2) is 17.9 Å². The Labute approximate surface area is 197 Å². The van der Waals surface area contributed by atoms with Crippen LogP contribution in [0.15, 0.2) is 34.3 Å². The summed E-state index contributed by atoms with van der Waals surface area (Å²) in [4.78, 5) is 2.69. The van der Waals surface area contributed by atoms with Crippen molar-refractivity contribution >= 4 is 10.1 Å². The fourth-order valence-corrected chi connectivity index (χ4v) is 5.26. The molecule has 0 radical (unpaired) electrons. The molecule has 0 bridgehead atoms. The second-order valence-electron chi connectivity index (χ2n) is 9.45. The summed E-state index contributed by atoms with van der Waals surface area (Å²) in [7, 11) is -4.16. The molecule has 3 heterocycles. The first kappa shape index (κ1) is 25.3. The van der Waals surface area contributed by atoms with Crippen LogP contribution >= 0.6 is 0 Å². The molecule has 34 heavy (non-hydrogen) atoms. The van der Waals surface area contributed by atoms with Gasteiger partial charge < -0.3 is 28.8 Å². The van der Waals surface area contributed by atoms with E-state index in [0.29, 0.717) is 0 Å². The molecule has 1 aromatic carbocycles. The van der Waals surface area contributed by atoms with Crippen molar-refractivity contribution in [1.82, 2.24) is 0 Å². The third-order valence-electron chi connectivity index (χ3n) is 5.82. The molecule has 0 amide bonds. The number of hydrogen-bond acceptors (Lipinski definition) is 10. The predicted molar refractivity (Wildman–Crippen MR) is 116 cm³/mol. The molecular weight excluding hydrogens is 470 g/mol. The van der Waals surface area contributed by atoms with Gasteiger partial charge in [-0.3, -0.25) is 4.18 Å². The van der Waals surface area contributed by atoms with Gasteiger partial charge in [0, 0.05) is 4.91 Å². The second kappa shape index (κ2) is 9.01. The highest BCUT2D eigenvalue weighted by Gasteiger charge is 2.62. The number of aliphatic hydroxyl groups is 1. The number of aliphatic hydroxyl groups excluding tert-OH is 1. The minimum absolute atomic E-state index is 0.0582. The van der Waals surface area contributed by atoms with Crippen molar-refractivity contribution in [2.45, 2.75) is 93.9 Å². The summed E-state index contributed by atoms with van der Waals surface area (Å²) in [5, 5.41) is 14.7. The van der Waals surface area contributed by atoms with Crippen LogP contribution in [0, 0.1) is 6.92 Å². The molecule has 0 unspecified atom stereocenters. The molecule has 3 fully saturated rings. The summed E-state index contributed by atoms with van der Waals surface area (Å²) < 4.78 is 60.0. The van der Waals surface area contributed by atoms with E-state index in [2.05, 4.69) is 10.0 Å². The van der Waals surface area contributed by atoms with Crippen LogP contribution < -0.4 is 0 Å². The quantitative estimate of drug-likeness (QED) is 0.257. The van der Waals surface area contributed by atoms with Crippen LogP contribution in [0.5, 0.6) is 0 Å². The fraction of sp³-hybridized carbons (Fsp3) is 0.714. The van der Waals surface area contributed by atoms with Gasteiger partial charge in [0.2, 0.25) is 0 Å². The monoisotopic (exact) mass is 499 g/mol. The molecule has 13 heteroatoms. The largest absolute Gasteiger partial charge is 0.390 e. The van der Waals surface area contributed by atoms with Gasteiger partial charge in [0.1, 0.15) is 24.4 Å². The van der Waals surface area contributed by atoms with Crippen molar-refractivity contribution in [1.29, 1.82) is 0 Å². The molecule has 0 aromatic heterocycles. The Hall–Kier alpha value is -1.80. The van der Waals surface area contributed by atoms with E-state index in [-0.39, 0.29) is 4.90 Å². The Morgan fingerprint density at radius 3 is 2.29 bits per heavy atom. The summed E-state index contributed by atoms with van der Waals surface area (Å²) in [6.45, 7) is 8.09. The van der Waals surface area contributed by atoms with Crippen molar-refractivity contribution in [3.05, 3.63) is 40.3 Å². The molecule has 188 valence electrons. The van der Waals surface area contributed by atoms with Crippen LogP contribution in [0.2, 0.25) is 0 Å². The van der Waals surface area contributed by atoms with Crippen molar-refractivity contribution in [3.63, 3.8) is 0 Å². The molecule has 7 atom stereocenters. The average Bonchev–Trinajstić information content (AvgIpc) is 3.24. The summed E-state index contributed by atoms with van der Waals surface area (Å²) in [6.07, 6.45) is -5.50. The van der Waals surface area contributed by atoms with Crippen LogP contribution in [0.4, 0.5) is 0 Å². The van der Waals surface area contributed by atoms with Crippen molar-refractivity contribution < 1.29 is 41.4 Å². The summed E-state index contributed by atoms with van der Waals surface area (Å²) in [5.41, 5.74) is 9.93. The second-order valence-corrected chi connectivity index (χ2v) is 11.1. The van der Waals surface area contributed by atoms with E-state index >= 15 is 0 Å². The highest BCUT2D eigenvalue weighted by atomic mass is 32.2. The van der Waals surface area contributed by atoms with Gasteiger partial charge in [-0.1, -0.05) is 22.8 Å². The molecule has 12 nitrogen and oxygen atoms in total. The lowest BCUT2D eigenvalue weighted by Crippen LogP contribution is -2.60. The van der Waals surface area contributed by atoms with E-state index in [1.807, 2.05) is 6.92 Å². The standard InChI is InChI=1S/C21H29N3O9S/c1-11-6-8-12(9-7-11)34(26,27)28-10-13(23-24-22)14(25)15-16-17(31-20(2,3)30-16)18-19(29-15)33-21(4,5)32-18/h6-9,13-19,25H,10H2,1-5H3/t13-,14-,15+,16-,17-,18+,19+/m0/s1. The van der Waals surface area contributed by atoms with Crippen LogP contribution in [0.3, 0.4) is 0 Å². The van der Waals surface area contributed by atoms with Crippen LogP contribution in [-0.4, -0.2) is 74.6 Å². The van der Waals surface area contributed by atoms with E-state index in [4.69, 9.17) is 33.4 Å². The predicted octanol–water partition coefficient (Wildman–Crippen LogP) is 2.14. The third kappa shape index (κ3) is 5.08. The lowest BCUT2D eigenvalue weighted by atomic mass is 9.92. The lowest BCUT2D eigenvalue weighted by Gasteiger charge is -2.40. The maximum absolute atomic E-state index is 12.6. The van der Waals surface area contributed by atoms with Gasteiger partial charge in [-0.25, -0.2) is 0 Å². The van der Waals surface area contributed by atoms with Crippen molar-refractivity contribution in [2.24, 2.45) is 5.11 Å². The zero-order valence-corrected chi connectivity index (χ0v) is 20.3. The van der Waals surface area contributed by atoms with Crippen LogP contribution in [-0.2, 0) is 38.0 Å². The van der Waals surface area contributed by atoms with Gasteiger partial charge in [-0.15, -0.1) is 0 Å². The summed E-state index contributed by atoms with van der Waals surface area (Å²) in [5.74, 6) is -1.95. The molecule has 0 saturated carbocycles. The van der Waals surface area contributed by atoms with Gasteiger partial charge in [0.05, 0.1) is 23.6 Å². The van der Waals surface area contributed by atoms with Crippen molar-refractivity contribution in [2.75, 3.05) is 6.61 Å². The van der Waals surface area contributed by atoms with Gasteiger partial charge in [0.25, 0.3) is 10.1 Å². The first-order chi connectivity index (χ1) is 15.8. The van der Waals surface area contributed by atoms with Gasteiger partial charge in [-0.05, 0) is 52.3 Å². The molecule has 3 saturated heterocycles. The lowest BCUT2D eigenvalue weighted by molar-refractivity contribution is -0.254. The van der Waals surface area contributed by atoms with E-state index in [1.54, 1.807) is 39.8 Å². The van der Waals surface area contributed by atoms with E-state index in [9.17, 15) is 13.5 Å².